The fraction of sp³-hybridized carbons (Fsp3) is 0.231. The SMILES string of the molecule is O=C(NCc1ccc(Cn2cnc3ccccc32)cc1)c1cc([N+](=O)[O-])ccc1N1CCCC1. The Morgan fingerprint density at radius 1 is 1.00 bits per heavy atom. The van der Waals surface area contributed by atoms with Crippen LogP contribution in [-0.4, -0.2) is 33.5 Å². The first-order valence-corrected chi connectivity index (χ1v) is 11.4. The standard InChI is InChI=1S/C26H25N5O3/c32-26(22-15-21(31(33)34)11-12-24(22)29-13-3-4-14-29)27-16-19-7-9-20(10-8-19)17-30-18-28-23-5-1-2-6-25(23)30/h1-2,5-12,15,18H,3-4,13-14,16-17H2,(H,27,32). The molecule has 3 aromatic carbocycles. The van der Waals surface area contributed by atoms with Crippen molar-refractivity contribution in [2.45, 2.75) is 25.9 Å². The van der Waals surface area contributed by atoms with Gasteiger partial charge in [0.2, 0.25) is 0 Å². The van der Waals surface area contributed by atoms with E-state index in [9.17, 15) is 14.9 Å². The van der Waals surface area contributed by atoms with E-state index < -0.39 is 4.92 Å². The Balaban J connectivity index is 1.27. The largest absolute Gasteiger partial charge is 0.371 e. The van der Waals surface area contributed by atoms with E-state index in [2.05, 4.69) is 25.8 Å². The lowest BCUT2D eigenvalue weighted by molar-refractivity contribution is -0.384. The highest BCUT2D eigenvalue weighted by Crippen LogP contribution is 2.28. The van der Waals surface area contributed by atoms with Gasteiger partial charge >= 0.3 is 0 Å². The smallest absolute Gasteiger partial charge is 0.270 e. The van der Waals surface area contributed by atoms with Crippen molar-refractivity contribution in [1.29, 1.82) is 0 Å². The molecule has 1 amide bonds. The molecule has 172 valence electrons. The molecule has 34 heavy (non-hydrogen) atoms. The van der Waals surface area contributed by atoms with Crippen LogP contribution >= 0.6 is 0 Å². The fourth-order valence-corrected chi connectivity index (χ4v) is 4.43. The molecular weight excluding hydrogens is 430 g/mol. The third kappa shape index (κ3) is 4.47. The Labute approximate surface area is 197 Å². The molecule has 1 N–H and O–H groups in total. The zero-order valence-electron chi connectivity index (χ0n) is 18.7. The molecule has 2 heterocycles. The number of nitrogens with one attached hydrogen (secondary N) is 1. The number of nitro groups is 1. The van der Waals surface area contributed by atoms with Crippen molar-refractivity contribution in [1.82, 2.24) is 14.9 Å². The van der Waals surface area contributed by atoms with Gasteiger partial charge in [-0.1, -0.05) is 36.4 Å². The first kappa shape index (κ1) is 21.6. The lowest BCUT2D eigenvalue weighted by Gasteiger charge is -2.21. The van der Waals surface area contributed by atoms with Crippen LogP contribution in [0.1, 0.15) is 34.3 Å². The molecule has 8 nitrogen and oxygen atoms in total. The molecule has 0 unspecified atom stereocenters. The predicted molar refractivity (Wildman–Crippen MR) is 131 cm³/mol. The van der Waals surface area contributed by atoms with Crippen molar-refractivity contribution in [3.8, 4) is 0 Å². The highest BCUT2D eigenvalue weighted by Gasteiger charge is 2.22. The molecule has 1 aliphatic heterocycles. The van der Waals surface area contributed by atoms with Gasteiger partial charge in [0, 0.05) is 38.3 Å². The van der Waals surface area contributed by atoms with Crippen LogP contribution in [0.4, 0.5) is 11.4 Å². The van der Waals surface area contributed by atoms with Crippen LogP contribution in [0, 0.1) is 10.1 Å². The van der Waals surface area contributed by atoms with Crippen LogP contribution in [0.2, 0.25) is 0 Å². The van der Waals surface area contributed by atoms with Crippen LogP contribution in [0.15, 0.2) is 73.1 Å². The lowest BCUT2D eigenvalue weighted by atomic mass is 10.1. The zero-order chi connectivity index (χ0) is 23.5. The number of benzene rings is 3. The van der Waals surface area contributed by atoms with Crippen molar-refractivity contribution in [2.24, 2.45) is 0 Å². The second kappa shape index (κ2) is 9.35. The number of carbonyl (C=O) groups excluding carboxylic acids is 1. The van der Waals surface area contributed by atoms with Crippen LogP contribution in [0.25, 0.3) is 11.0 Å². The number of amides is 1. The van der Waals surface area contributed by atoms with Gasteiger partial charge in [-0.2, -0.15) is 0 Å². The molecule has 4 aromatic rings. The molecule has 8 heteroatoms. The molecule has 1 aliphatic rings. The number of rotatable bonds is 7. The number of fused-ring (bicyclic) bond motifs is 1. The quantitative estimate of drug-likeness (QED) is 0.327. The topological polar surface area (TPSA) is 93.3 Å². The van der Waals surface area contributed by atoms with Crippen LogP contribution in [-0.2, 0) is 13.1 Å². The summed E-state index contributed by atoms with van der Waals surface area (Å²) < 4.78 is 2.11. The second-order valence-corrected chi connectivity index (χ2v) is 8.51. The molecule has 0 spiro atoms. The molecule has 0 saturated carbocycles. The number of nitro benzene ring substituents is 1. The van der Waals surface area contributed by atoms with Gasteiger partial charge in [0.25, 0.3) is 11.6 Å². The van der Waals surface area contributed by atoms with E-state index in [0.29, 0.717) is 18.7 Å². The lowest BCUT2D eigenvalue weighted by Crippen LogP contribution is -2.27. The van der Waals surface area contributed by atoms with Crippen molar-refractivity contribution in [3.05, 3.63) is 99.9 Å². The van der Waals surface area contributed by atoms with Gasteiger partial charge in [0.1, 0.15) is 0 Å². The number of hydrogen-bond donors (Lipinski definition) is 1. The van der Waals surface area contributed by atoms with Gasteiger partial charge in [-0.05, 0) is 42.2 Å². The number of aromatic nitrogens is 2. The average Bonchev–Trinajstić information content (AvgIpc) is 3.54. The summed E-state index contributed by atoms with van der Waals surface area (Å²) in [5.74, 6) is -0.306. The van der Waals surface area contributed by atoms with E-state index in [1.807, 2.05) is 48.8 Å². The van der Waals surface area contributed by atoms with Gasteiger partial charge in [-0.15, -0.1) is 0 Å². The maximum atomic E-state index is 13.0. The van der Waals surface area contributed by atoms with Gasteiger partial charge < -0.3 is 14.8 Å². The number of non-ortho nitro benzene ring substituents is 1. The van der Waals surface area contributed by atoms with Crippen LogP contribution < -0.4 is 10.2 Å². The minimum atomic E-state index is -0.466. The van der Waals surface area contributed by atoms with Crippen LogP contribution in [0.3, 0.4) is 0 Å². The summed E-state index contributed by atoms with van der Waals surface area (Å²) in [7, 11) is 0. The molecule has 1 aromatic heterocycles. The zero-order valence-corrected chi connectivity index (χ0v) is 18.7. The Morgan fingerprint density at radius 3 is 2.50 bits per heavy atom. The van der Waals surface area contributed by atoms with Gasteiger partial charge in [-0.25, -0.2) is 4.98 Å². The van der Waals surface area contributed by atoms with Crippen LogP contribution in [0.5, 0.6) is 0 Å². The first-order valence-electron chi connectivity index (χ1n) is 11.4. The summed E-state index contributed by atoms with van der Waals surface area (Å²) in [6, 6.07) is 20.6. The second-order valence-electron chi connectivity index (χ2n) is 8.51. The monoisotopic (exact) mass is 455 g/mol. The third-order valence-electron chi connectivity index (χ3n) is 6.24. The summed E-state index contributed by atoms with van der Waals surface area (Å²) in [4.78, 5) is 30.3. The molecule has 1 fully saturated rings. The highest BCUT2D eigenvalue weighted by molar-refractivity contribution is 6.00. The molecule has 1 saturated heterocycles. The third-order valence-corrected chi connectivity index (χ3v) is 6.24. The molecular formula is C26H25N5O3. The number of carbonyl (C=O) groups is 1. The molecule has 0 bridgehead atoms. The normalized spacial score (nSPS) is 13.4. The predicted octanol–water partition coefficient (Wildman–Crippen LogP) is 4.52. The minimum absolute atomic E-state index is 0.0792. The Morgan fingerprint density at radius 2 is 1.74 bits per heavy atom. The average molecular weight is 456 g/mol. The number of hydrogen-bond acceptors (Lipinski definition) is 5. The Bertz CT molecular complexity index is 1340. The first-order chi connectivity index (χ1) is 16.6. The van der Waals surface area contributed by atoms with Gasteiger partial charge in [0.15, 0.2) is 0 Å². The fourth-order valence-electron chi connectivity index (χ4n) is 4.43. The van der Waals surface area contributed by atoms with Crippen molar-refractivity contribution in [2.75, 3.05) is 18.0 Å². The summed E-state index contributed by atoms with van der Waals surface area (Å²) in [6.45, 7) is 2.76. The number of nitrogens with zero attached hydrogens (tertiary/aromatic N) is 4. The minimum Gasteiger partial charge on any atom is -0.371 e. The van der Waals surface area contributed by atoms with E-state index in [-0.39, 0.29) is 11.6 Å². The summed E-state index contributed by atoms with van der Waals surface area (Å²) in [5.41, 5.74) is 5.17. The van der Waals surface area contributed by atoms with E-state index in [1.54, 1.807) is 6.07 Å². The molecule has 0 radical (unpaired) electrons. The number of para-hydroxylation sites is 2. The van der Waals surface area contributed by atoms with Gasteiger partial charge in [-0.3, -0.25) is 14.9 Å². The molecule has 5 rings (SSSR count). The maximum Gasteiger partial charge on any atom is 0.270 e. The summed E-state index contributed by atoms with van der Waals surface area (Å²) in [6.07, 6.45) is 3.95. The van der Waals surface area contributed by atoms with E-state index in [4.69, 9.17) is 0 Å². The molecule has 0 aliphatic carbocycles. The van der Waals surface area contributed by atoms with E-state index >= 15 is 0 Å². The Kier molecular flexibility index (Phi) is 5.95. The molecule has 0 atom stereocenters. The van der Waals surface area contributed by atoms with E-state index in [1.165, 1.54) is 12.1 Å². The maximum absolute atomic E-state index is 13.0. The van der Waals surface area contributed by atoms with Gasteiger partial charge in [0.05, 0.1) is 33.5 Å². The van der Waals surface area contributed by atoms with Crippen molar-refractivity contribution < 1.29 is 9.72 Å². The Hall–Kier alpha value is -4.20. The number of imidazole rings is 1. The summed E-state index contributed by atoms with van der Waals surface area (Å²) in [5, 5.41) is 14.2. The van der Waals surface area contributed by atoms with E-state index in [0.717, 1.165) is 53.8 Å². The van der Waals surface area contributed by atoms with Crippen molar-refractivity contribution >= 4 is 28.3 Å². The van der Waals surface area contributed by atoms with Crippen molar-refractivity contribution in [3.63, 3.8) is 0 Å². The summed E-state index contributed by atoms with van der Waals surface area (Å²) >= 11 is 0. The number of anilines is 1. The highest BCUT2D eigenvalue weighted by atomic mass is 16.6.